The first-order chi connectivity index (χ1) is 8.66. The Labute approximate surface area is 109 Å². The van der Waals surface area contributed by atoms with Gasteiger partial charge in [0.2, 0.25) is 0 Å². The molecule has 2 N–H and O–H groups in total. The molecule has 0 aliphatic carbocycles. The average molecular weight is 263 g/mol. The maximum absolute atomic E-state index is 10.8. The van der Waals surface area contributed by atoms with Crippen LogP contribution >= 0.6 is 11.6 Å². The second kappa shape index (κ2) is 5.51. The predicted octanol–water partition coefficient (Wildman–Crippen LogP) is 3.05. The van der Waals surface area contributed by atoms with E-state index in [9.17, 15) is 4.79 Å². The van der Waals surface area contributed by atoms with E-state index >= 15 is 0 Å². The normalized spacial score (nSPS) is 10.1. The molecule has 92 valence electrons. The average Bonchev–Trinajstić information content (AvgIpc) is 2.38. The molecule has 0 amide bonds. The van der Waals surface area contributed by atoms with Crippen LogP contribution in [0, 0.1) is 0 Å². The van der Waals surface area contributed by atoms with E-state index in [1.807, 2.05) is 18.2 Å². The van der Waals surface area contributed by atoms with Crippen LogP contribution < -0.4 is 5.32 Å². The number of benzene rings is 1. The summed E-state index contributed by atoms with van der Waals surface area (Å²) in [4.78, 5) is 14.9. The zero-order valence-electron chi connectivity index (χ0n) is 9.43. The standard InChI is InChI=1S/C13H11ClN2O2/c14-11-7-9(13(17)18)4-5-12(11)16-8-10-3-1-2-6-15-10/h1-7,16H,8H2,(H,17,18). The molecule has 4 nitrogen and oxygen atoms in total. The zero-order valence-corrected chi connectivity index (χ0v) is 10.2. The molecular formula is C13H11ClN2O2. The Morgan fingerprint density at radius 1 is 1.33 bits per heavy atom. The smallest absolute Gasteiger partial charge is 0.335 e. The lowest BCUT2D eigenvalue weighted by atomic mass is 10.2. The number of carboxylic acids is 1. The molecule has 0 spiro atoms. The fraction of sp³-hybridized carbons (Fsp3) is 0.0769. The maximum atomic E-state index is 10.8. The van der Waals surface area contributed by atoms with Gasteiger partial charge < -0.3 is 10.4 Å². The van der Waals surface area contributed by atoms with E-state index in [2.05, 4.69) is 10.3 Å². The van der Waals surface area contributed by atoms with Crippen molar-refractivity contribution in [3.8, 4) is 0 Å². The number of aromatic carboxylic acids is 1. The van der Waals surface area contributed by atoms with Gasteiger partial charge in [0.1, 0.15) is 0 Å². The second-order valence-electron chi connectivity index (χ2n) is 3.67. The molecule has 1 aromatic carbocycles. The highest BCUT2D eigenvalue weighted by molar-refractivity contribution is 6.33. The van der Waals surface area contributed by atoms with E-state index in [1.54, 1.807) is 12.3 Å². The first kappa shape index (κ1) is 12.4. The van der Waals surface area contributed by atoms with Crippen molar-refractivity contribution in [2.24, 2.45) is 0 Å². The van der Waals surface area contributed by atoms with Crippen LogP contribution in [0.1, 0.15) is 16.1 Å². The minimum Gasteiger partial charge on any atom is -0.478 e. The van der Waals surface area contributed by atoms with Crippen LogP contribution in [0.4, 0.5) is 5.69 Å². The first-order valence-corrected chi connectivity index (χ1v) is 5.71. The van der Waals surface area contributed by atoms with Gasteiger partial charge in [0.05, 0.1) is 28.5 Å². The summed E-state index contributed by atoms with van der Waals surface area (Å²) in [6, 6.07) is 10.2. The summed E-state index contributed by atoms with van der Waals surface area (Å²) < 4.78 is 0. The molecule has 0 saturated heterocycles. The van der Waals surface area contributed by atoms with Crippen molar-refractivity contribution in [3.05, 3.63) is 58.9 Å². The van der Waals surface area contributed by atoms with Gasteiger partial charge in [-0.15, -0.1) is 0 Å². The Hall–Kier alpha value is -2.07. The van der Waals surface area contributed by atoms with Crippen molar-refractivity contribution in [2.45, 2.75) is 6.54 Å². The molecule has 0 saturated carbocycles. The number of hydrogen-bond acceptors (Lipinski definition) is 3. The maximum Gasteiger partial charge on any atom is 0.335 e. The molecule has 1 aromatic heterocycles. The minimum absolute atomic E-state index is 0.170. The van der Waals surface area contributed by atoms with Gasteiger partial charge in [-0.25, -0.2) is 4.79 Å². The Bertz CT molecular complexity index is 558. The van der Waals surface area contributed by atoms with Crippen LogP contribution in [0.3, 0.4) is 0 Å². The van der Waals surface area contributed by atoms with E-state index in [-0.39, 0.29) is 5.56 Å². The van der Waals surface area contributed by atoms with E-state index in [0.717, 1.165) is 5.69 Å². The number of hydrogen-bond donors (Lipinski definition) is 2. The summed E-state index contributed by atoms with van der Waals surface area (Å²) in [7, 11) is 0. The fourth-order valence-corrected chi connectivity index (χ4v) is 1.73. The van der Waals surface area contributed by atoms with Crippen molar-refractivity contribution >= 4 is 23.3 Å². The van der Waals surface area contributed by atoms with Crippen molar-refractivity contribution in [1.29, 1.82) is 0 Å². The number of carbonyl (C=O) groups is 1. The van der Waals surface area contributed by atoms with Crippen LogP contribution in [-0.4, -0.2) is 16.1 Å². The van der Waals surface area contributed by atoms with Crippen LogP contribution in [-0.2, 0) is 6.54 Å². The van der Waals surface area contributed by atoms with Crippen LogP contribution in [0.25, 0.3) is 0 Å². The van der Waals surface area contributed by atoms with Gasteiger partial charge in [-0.1, -0.05) is 17.7 Å². The quantitative estimate of drug-likeness (QED) is 0.889. The third-order valence-corrected chi connectivity index (χ3v) is 2.71. The van der Waals surface area contributed by atoms with Crippen LogP contribution in [0.2, 0.25) is 5.02 Å². The molecule has 0 aliphatic heterocycles. The third-order valence-electron chi connectivity index (χ3n) is 2.40. The molecular weight excluding hydrogens is 252 g/mol. The van der Waals surface area contributed by atoms with Crippen molar-refractivity contribution in [3.63, 3.8) is 0 Å². The highest BCUT2D eigenvalue weighted by atomic mass is 35.5. The van der Waals surface area contributed by atoms with Gasteiger partial charge in [0, 0.05) is 6.20 Å². The summed E-state index contributed by atoms with van der Waals surface area (Å²) in [6.45, 7) is 0.535. The second-order valence-corrected chi connectivity index (χ2v) is 4.08. The predicted molar refractivity (Wildman–Crippen MR) is 70.0 cm³/mol. The van der Waals surface area contributed by atoms with Gasteiger partial charge >= 0.3 is 5.97 Å². The number of carboxylic acid groups (broad SMARTS) is 1. The van der Waals surface area contributed by atoms with Crippen LogP contribution in [0.15, 0.2) is 42.6 Å². The SMILES string of the molecule is O=C(O)c1ccc(NCc2ccccn2)c(Cl)c1. The molecule has 0 aliphatic rings. The number of anilines is 1. The summed E-state index contributed by atoms with van der Waals surface area (Å²) in [5, 5.41) is 12.3. The Balaban J connectivity index is 2.08. The van der Waals surface area contributed by atoms with Gasteiger partial charge in [-0.2, -0.15) is 0 Å². The molecule has 2 aromatic rings. The molecule has 0 unspecified atom stereocenters. The highest BCUT2D eigenvalue weighted by Crippen LogP contribution is 2.23. The lowest BCUT2D eigenvalue weighted by Crippen LogP contribution is -2.03. The van der Waals surface area contributed by atoms with E-state index in [4.69, 9.17) is 16.7 Å². The summed E-state index contributed by atoms with van der Waals surface area (Å²) in [5.41, 5.74) is 1.74. The summed E-state index contributed by atoms with van der Waals surface area (Å²) in [6.07, 6.45) is 1.71. The number of rotatable bonds is 4. The van der Waals surface area contributed by atoms with E-state index in [0.29, 0.717) is 17.3 Å². The minimum atomic E-state index is -0.992. The fourth-order valence-electron chi connectivity index (χ4n) is 1.48. The molecule has 18 heavy (non-hydrogen) atoms. The lowest BCUT2D eigenvalue weighted by molar-refractivity contribution is 0.0697. The molecule has 0 radical (unpaired) electrons. The lowest BCUT2D eigenvalue weighted by Gasteiger charge is -2.08. The van der Waals surface area contributed by atoms with Gasteiger partial charge in [0.25, 0.3) is 0 Å². The van der Waals surface area contributed by atoms with E-state index < -0.39 is 5.97 Å². The Kier molecular flexibility index (Phi) is 3.79. The van der Waals surface area contributed by atoms with Gasteiger partial charge in [-0.05, 0) is 30.3 Å². The van der Waals surface area contributed by atoms with Crippen molar-refractivity contribution < 1.29 is 9.90 Å². The van der Waals surface area contributed by atoms with Crippen molar-refractivity contribution in [2.75, 3.05) is 5.32 Å². The molecule has 0 fully saturated rings. The third kappa shape index (κ3) is 2.99. The molecule has 1 heterocycles. The Morgan fingerprint density at radius 3 is 2.78 bits per heavy atom. The number of nitrogens with zero attached hydrogens (tertiary/aromatic N) is 1. The first-order valence-electron chi connectivity index (χ1n) is 5.33. The van der Waals surface area contributed by atoms with Gasteiger partial charge in [0.15, 0.2) is 0 Å². The topological polar surface area (TPSA) is 62.2 Å². The summed E-state index contributed by atoms with van der Waals surface area (Å²) >= 11 is 5.99. The summed E-state index contributed by atoms with van der Waals surface area (Å²) in [5.74, 6) is -0.992. The Morgan fingerprint density at radius 2 is 2.17 bits per heavy atom. The number of pyridine rings is 1. The monoisotopic (exact) mass is 262 g/mol. The molecule has 2 rings (SSSR count). The van der Waals surface area contributed by atoms with Crippen LogP contribution in [0.5, 0.6) is 0 Å². The van der Waals surface area contributed by atoms with E-state index in [1.165, 1.54) is 12.1 Å². The highest BCUT2D eigenvalue weighted by Gasteiger charge is 2.06. The number of nitrogens with one attached hydrogen (secondary N) is 1. The zero-order chi connectivity index (χ0) is 13.0. The number of halogens is 1. The van der Waals surface area contributed by atoms with Crippen molar-refractivity contribution in [1.82, 2.24) is 4.98 Å². The van der Waals surface area contributed by atoms with Gasteiger partial charge in [-0.3, -0.25) is 4.98 Å². The molecule has 0 bridgehead atoms. The largest absolute Gasteiger partial charge is 0.478 e. The number of aromatic nitrogens is 1. The molecule has 0 atom stereocenters. The molecule has 5 heteroatoms.